The molecule has 36 heavy (non-hydrogen) atoms. The van der Waals surface area contributed by atoms with Crippen LogP contribution in [-0.4, -0.2) is 0 Å². The number of aryl methyl sites for hydroxylation is 8. The molecule has 4 heterocycles. The zero-order chi connectivity index (χ0) is 25.7. The fourth-order valence-electron chi connectivity index (χ4n) is 6.73. The first-order valence-corrected chi connectivity index (χ1v) is 16.7. The van der Waals surface area contributed by atoms with Crippen molar-refractivity contribution in [2.45, 2.75) is 107 Å². The number of hydrogen-bond donors (Lipinski definition) is 0. The van der Waals surface area contributed by atoms with Crippen molar-refractivity contribution in [3.63, 3.8) is 0 Å². The molecular formula is C32H40S4. The zero-order valence-corrected chi connectivity index (χ0v) is 26.6. The predicted molar refractivity (Wildman–Crippen MR) is 165 cm³/mol. The van der Waals surface area contributed by atoms with Crippen molar-refractivity contribution in [1.29, 1.82) is 0 Å². The quantitative estimate of drug-likeness (QED) is 0.204. The number of thiophene rings is 4. The fourth-order valence-corrected chi connectivity index (χ4v) is 11.4. The van der Waals surface area contributed by atoms with E-state index in [1.807, 2.05) is 45.3 Å². The van der Waals surface area contributed by atoms with Crippen LogP contribution in [0.15, 0.2) is 0 Å². The Morgan fingerprint density at radius 3 is 0.472 bits per heavy atom. The summed E-state index contributed by atoms with van der Waals surface area (Å²) in [6.07, 6.45) is 9.49. The lowest BCUT2D eigenvalue weighted by molar-refractivity contribution is 0.837. The second kappa shape index (κ2) is 10.5. The summed E-state index contributed by atoms with van der Waals surface area (Å²) in [7, 11) is 0. The standard InChI is InChI=1S/C32H40S4/c1-17-25-9-10-27-19(3)34-21(5)29(27)13-14-31-23(7)36-24(8)32(31)16-15-30-22(6)35-20(4)28(30)12-11-26(25)18(2)33-17/h9-16H2,1-8H3. The van der Waals surface area contributed by atoms with Gasteiger partial charge in [0.25, 0.3) is 0 Å². The maximum absolute atomic E-state index is 2.36. The van der Waals surface area contributed by atoms with Crippen LogP contribution in [0.3, 0.4) is 0 Å². The molecule has 0 aliphatic heterocycles. The van der Waals surface area contributed by atoms with Crippen LogP contribution < -0.4 is 0 Å². The fraction of sp³-hybridized carbons (Fsp3) is 0.500. The molecule has 0 saturated heterocycles. The second-order valence-corrected chi connectivity index (χ2v) is 16.4. The number of rotatable bonds is 0. The summed E-state index contributed by atoms with van der Waals surface area (Å²) in [5.41, 5.74) is 13.2. The maximum Gasteiger partial charge on any atom is 0.00520 e. The third-order valence-electron chi connectivity index (χ3n) is 8.58. The SMILES string of the molecule is Cc1sc(C)c2c1CCc1c(C)sc(C)c1CCc1c(C)sc(C)c1CCc1c(C)sc(C)c1CC2. The van der Waals surface area contributed by atoms with Crippen molar-refractivity contribution >= 4 is 45.3 Å². The Bertz CT molecular complexity index is 1100. The van der Waals surface area contributed by atoms with Crippen molar-refractivity contribution in [3.8, 4) is 0 Å². The Kier molecular flexibility index (Phi) is 7.72. The first kappa shape index (κ1) is 26.4. The van der Waals surface area contributed by atoms with Crippen molar-refractivity contribution in [1.82, 2.24) is 0 Å². The van der Waals surface area contributed by atoms with Crippen LogP contribution in [0, 0.1) is 55.4 Å². The van der Waals surface area contributed by atoms with E-state index in [1.165, 1.54) is 51.4 Å². The molecule has 192 valence electrons. The van der Waals surface area contributed by atoms with E-state index in [-0.39, 0.29) is 0 Å². The third kappa shape index (κ3) is 4.84. The highest BCUT2D eigenvalue weighted by atomic mass is 32.1. The van der Waals surface area contributed by atoms with Crippen LogP contribution in [0.25, 0.3) is 0 Å². The monoisotopic (exact) mass is 552 g/mol. The lowest BCUT2D eigenvalue weighted by Crippen LogP contribution is -2.06. The first-order chi connectivity index (χ1) is 17.2. The van der Waals surface area contributed by atoms with Gasteiger partial charge in [0.15, 0.2) is 0 Å². The van der Waals surface area contributed by atoms with Gasteiger partial charge in [-0.05, 0) is 151 Å². The zero-order valence-electron chi connectivity index (χ0n) is 23.3. The lowest BCUT2D eigenvalue weighted by atomic mass is 9.90. The van der Waals surface area contributed by atoms with E-state index < -0.39 is 0 Å². The van der Waals surface area contributed by atoms with Crippen LogP contribution in [0.1, 0.15) is 83.5 Å². The van der Waals surface area contributed by atoms with Crippen LogP contribution in [0.5, 0.6) is 0 Å². The van der Waals surface area contributed by atoms with Gasteiger partial charge in [0.1, 0.15) is 0 Å². The molecule has 0 saturated carbocycles. The van der Waals surface area contributed by atoms with Gasteiger partial charge in [0.05, 0.1) is 0 Å². The summed E-state index contributed by atoms with van der Waals surface area (Å²) in [4.78, 5) is 12.3. The molecule has 1 aliphatic carbocycles. The minimum absolute atomic E-state index is 1.19. The van der Waals surface area contributed by atoms with Gasteiger partial charge in [-0.3, -0.25) is 0 Å². The van der Waals surface area contributed by atoms with E-state index in [0.29, 0.717) is 0 Å². The Morgan fingerprint density at radius 1 is 0.250 bits per heavy atom. The minimum Gasteiger partial charge on any atom is -0.145 e. The van der Waals surface area contributed by atoms with Crippen LogP contribution in [0.2, 0.25) is 0 Å². The molecule has 1 aliphatic rings. The van der Waals surface area contributed by atoms with Crippen molar-refractivity contribution in [3.05, 3.63) is 83.5 Å². The Balaban J connectivity index is 1.60. The van der Waals surface area contributed by atoms with E-state index in [1.54, 1.807) is 83.5 Å². The van der Waals surface area contributed by atoms with E-state index in [4.69, 9.17) is 0 Å². The highest BCUT2D eigenvalue weighted by Crippen LogP contribution is 2.37. The van der Waals surface area contributed by atoms with Gasteiger partial charge in [-0.15, -0.1) is 45.3 Å². The van der Waals surface area contributed by atoms with Gasteiger partial charge in [0.2, 0.25) is 0 Å². The van der Waals surface area contributed by atoms with Gasteiger partial charge in [0, 0.05) is 39.0 Å². The molecule has 0 fully saturated rings. The molecule has 5 rings (SSSR count). The largest absolute Gasteiger partial charge is 0.145 e. The number of fused-ring (bicyclic) bond motifs is 4. The molecule has 0 N–H and O–H groups in total. The summed E-state index contributed by atoms with van der Waals surface area (Å²) in [5, 5.41) is 0. The Hall–Kier alpha value is -1.20. The summed E-state index contributed by atoms with van der Waals surface area (Å²) >= 11 is 8.10. The highest BCUT2D eigenvalue weighted by Gasteiger charge is 2.22. The van der Waals surface area contributed by atoms with E-state index in [0.717, 1.165) is 0 Å². The predicted octanol–water partition coefficient (Wildman–Crippen LogP) is 9.85. The van der Waals surface area contributed by atoms with Gasteiger partial charge in [-0.2, -0.15) is 0 Å². The summed E-state index contributed by atoms with van der Waals surface area (Å²) in [6.45, 7) is 18.9. The van der Waals surface area contributed by atoms with E-state index in [2.05, 4.69) is 55.4 Å². The normalized spacial score (nSPS) is 14.9. The van der Waals surface area contributed by atoms with E-state index in [9.17, 15) is 0 Å². The summed E-state index contributed by atoms with van der Waals surface area (Å²) in [6, 6.07) is 0. The Morgan fingerprint density at radius 2 is 0.361 bits per heavy atom. The highest BCUT2D eigenvalue weighted by molar-refractivity contribution is 7.13. The minimum atomic E-state index is 1.19. The summed E-state index contributed by atoms with van der Waals surface area (Å²) in [5.74, 6) is 0. The molecule has 0 bridgehead atoms. The maximum atomic E-state index is 2.36. The molecule has 0 aromatic carbocycles. The molecule has 0 amide bonds. The van der Waals surface area contributed by atoms with Crippen molar-refractivity contribution in [2.75, 3.05) is 0 Å². The van der Waals surface area contributed by atoms with Crippen LogP contribution >= 0.6 is 45.3 Å². The Labute approximate surface area is 234 Å². The van der Waals surface area contributed by atoms with Gasteiger partial charge in [-0.1, -0.05) is 0 Å². The molecule has 4 aromatic rings. The van der Waals surface area contributed by atoms with Gasteiger partial charge >= 0.3 is 0 Å². The molecule has 4 aromatic heterocycles. The van der Waals surface area contributed by atoms with Gasteiger partial charge in [-0.25, -0.2) is 0 Å². The molecule has 0 atom stereocenters. The molecule has 4 heteroatoms. The molecule has 0 spiro atoms. The topological polar surface area (TPSA) is 0 Å². The van der Waals surface area contributed by atoms with Crippen LogP contribution in [0.4, 0.5) is 0 Å². The third-order valence-corrected chi connectivity index (χ3v) is 13.0. The lowest BCUT2D eigenvalue weighted by Gasteiger charge is -2.14. The van der Waals surface area contributed by atoms with E-state index >= 15 is 0 Å². The average molecular weight is 553 g/mol. The molecule has 0 nitrogen and oxygen atoms in total. The second-order valence-electron chi connectivity index (χ2n) is 10.7. The summed E-state index contributed by atoms with van der Waals surface area (Å²) < 4.78 is 0. The smallest absolute Gasteiger partial charge is 0.00520 e. The van der Waals surface area contributed by atoms with Crippen LogP contribution in [-0.2, 0) is 51.4 Å². The number of hydrogen-bond acceptors (Lipinski definition) is 4. The molecule has 0 radical (unpaired) electrons. The first-order valence-electron chi connectivity index (χ1n) is 13.5. The van der Waals surface area contributed by atoms with Gasteiger partial charge < -0.3 is 0 Å². The van der Waals surface area contributed by atoms with Crippen molar-refractivity contribution < 1.29 is 0 Å². The van der Waals surface area contributed by atoms with Crippen molar-refractivity contribution in [2.24, 2.45) is 0 Å². The average Bonchev–Trinajstić information content (AvgIpc) is 3.43. The molecule has 0 unspecified atom stereocenters. The molecular weight excluding hydrogens is 513 g/mol.